The first-order valence-electron chi connectivity index (χ1n) is 11.9. The van der Waals surface area contributed by atoms with Crippen molar-refractivity contribution in [3.05, 3.63) is 58.6 Å². The van der Waals surface area contributed by atoms with Crippen LogP contribution in [0.3, 0.4) is 0 Å². The van der Waals surface area contributed by atoms with E-state index in [4.69, 9.17) is 10.2 Å². The second-order valence-electron chi connectivity index (χ2n) is 9.28. The van der Waals surface area contributed by atoms with E-state index in [9.17, 15) is 49.4 Å². The molecular formula is C24H20F9N5O3. The number of fused-ring (bicyclic) bond motifs is 5. The third kappa shape index (κ3) is 5.94. The minimum atomic E-state index is -5.30. The molecule has 41 heavy (non-hydrogen) atoms. The first-order valence-corrected chi connectivity index (χ1v) is 11.9. The lowest BCUT2D eigenvalue weighted by Gasteiger charge is -2.28. The highest BCUT2D eigenvalue weighted by atomic mass is 19.4. The summed E-state index contributed by atoms with van der Waals surface area (Å²) in [5.74, 6) is -3.65. The zero-order valence-electron chi connectivity index (χ0n) is 20.7. The van der Waals surface area contributed by atoms with Gasteiger partial charge in [-0.05, 0) is 37.0 Å². The van der Waals surface area contributed by atoms with E-state index in [1.165, 1.54) is 6.07 Å². The quantitative estimate of drug-likeness (QED) is 0.363. The molecule has 1 atom stereocenters. The third-order valence-electron chi connectivity index (χ3n) is 6.45. The molecule has 1 aliphatic heterocycles. The molecule has 0 aliphatic carbocycles. The Balaban J connectivity index is 1.89. The number of nitrogens with zero attached hydrogens (tertiary/aromatic N) is 4. The number of benzene rings is 1. The van der Waals surface area contributed by atoms with Crippen molar-refractivity contribution in [3.63, 3.8) is 0 Å². The van der Waals surface area contributed by atoms with Gasteiger partial charge in [-0.2, -0.15) is 39.5 Å². The van der Waals surface area contributed by atoms with E-state index < -0.39 is 95.1 Å². The first-order chi connectivity index (χ1) is 18.9. The van der Waals surface area contributed by atoms with Crippen molar-refractivity contribution < 1.29 is 53.8 Å². The van der Waals surface area contributed by atoms with Gasteiger partial charge in [0.05, 0.1) is 16.8 Å². The van der Waals surface area contributed by atoms with Crippen LogP contribution in [-0.2, 0) is 24.5 Å². The highest BCUT2D eigenvalue weighted by Gasteiger charge is 2.58. The lowest BCUT2D eigenvalue weighted by Crippen LogP contribution is -2.42. The number of aliphatic hydroxyl groups is 1. The highest BCUT2D eigenvalue weighted by molar-refractivity contribution is 5.95. The molecule has 17 heteroatoms. The molecule has 3 heterocycles. The largest absolute Gasteiger partial charge is 0.426 e. The van der Waals surface area contributed by atoms with Gasteiger partial charge >= 0.3 is 18.5 Å². The van der Waals surface area contributed by atoms with Gasteiger partial charge in [-0.25, -0.2) is 4.98 Å². The molecule has 3 aromatic rings. The van der Waals surface area contributed by atoms with Crippen molar-refractivity contribution in [1.29, 1.82) is 0 Å². The van der Waals surface area contributed by atoms with E-state index in [1.807, 2.05) is 0 Å². The molecule has 0 saturated heterocycles. The van der Waals surface area contributed by atoms with Gasteiger partial charge in [-0.1, -0.05) is 24.6 Å². The number of nitrogen functional groups attached to an aromatic ring is 1. The number of aromatic nitrogens is 3. The number of carbonyl (C=O) groups is 1. The summed E-state index contributed by atoms with van der Waals surface area (Å²) in [5, 5.41) is 17.0. The van der Waals surface area contributed by atoms with E-state index in [2.05, 4.69) is 15.2 Å². The fourth-order valence-electron chi connectivity index (χ4n) is 4.34. The van der Waals surface area contributed by atoms with Gasteiger partial charge in [0, 0.05) is 13.1 Å². The maximum absolute atomic E-state index is 14.0. The van der Waals surface area contributed by atoms with Crippen molar-refractivity contribution in [1.82, 2.24) is 20.1 Å². The molecule has 1 amide bonds. The van der Waals surface area contributed by atoms with Gasteiger partial charge in [-0.15, -0.1) is 10.2 Å². The Morgan fingerprint density at radius 2 is 1.59 bits per heavy atom. The van der Waals surface area contributed by atoms with E-state index >= 15 is 0 Å². The van der Waals surface area contributed by atoms with E-state index in [-0.39, 0.29) is 25.3 Å². The Kier molecular flexibility index (Phi) is 7.70. The summed E-state index contributed by atoms with van der Waals surface area (Å²) in [6.45, 7) is -1.25. The molecule has 4 bridgehead atoms. The van der Waals surface area contributed by atoms with Crippen molar-refractivity contribution in [2.45, 2.75) is 56.4 Å². The maximum Gasteiger partial charge on any atom is 0.426 e. The van der Waals surface area contributed by atoms with Crippen LogP contribution in [-0.4, -0.2) is 43.8 Å². The smallest absolute Gasteiger partial charge is 0.416 e. The van der Waals surface area contributed by atoms with E-state index in [0.717, 1.165) is 18.2 Å². The van der Waals surface area contributed by atoms with Crippen LogP contribution >= 0.6 is 0 Å². The Bertz CT molecular complexity index is 1440. The van der Waals surface area contributed by atoms with Crippen LogP contribution in [0, 0.1) is 0 Å². The summed E-state index contributed by atoms with van der Waals surface area (Å²) in [4.78, 5) is 17.8. The summed E-state index contributed by atoms with van der Waals surface area (Å²) in [5.41, 5.74) is -4.08. The molecule has 0 unspecified atom stereocenters. The number of carbonyl (C=O) groups excluding carboxylic acids is 1. The van der Waals surface area contributed by atoms with Gasteiger partial charge in [-0.3, -0.25) is 4.79 Å². The fourth-order valence-corrected chi connectivity index (χ4v) is 4.34. The van der Waals surface area contributed by atoms with Crippen molar-refractivity contribution in [2.24, 2.45) is 0 Å². The number of rotatable bonds is 2. The molecule has 0 spiro atoms. The lowest BCUT2D eigenvalue weighted by atomic mass is 9.95. The lowest BCUT2D eigenvalue weighted by molar-refractivity contribution is -0.277. The normalized spacial score (nSPS) is 19.3. The summed E-state index contributed by atoms with van der Waals surface area (Å²) < 4.78 is 129. The van der Waals surface area contributed by atoms with Gasteiger partial charge in [0.15, 0.2) is 5.69 Å². The average Bonchev–Trinajstić information content (AvgIpc) is 3.35. The number of pyridine rings is 1. The predicted molar refractivity (Wildman–Crippen MR) is 122 cm³/mol. The number of hydrogen-bond donors (Lipinski definition) is 2. The SMILES string of the molecule is Nc1cc(C(F)(F)F)c2nc1-c1nnc(o1)[C@@](O)(C(F)(F)F)CCCCCN(Cc1ccccc1C(F)(F)F)C2=O. The van der Waals surface area contributed by atoms with Crippen LogP contribution in [0.25, 0.3) is 11.6 Å². The van der Waals surface area contributed by atoms with E-state index in [1.54, 1.807) is 0 Å². The highest BCUT2D eigenvalue weighted by Crippen LogP contribution is 2.44. The number of alkyl halides is 9. The van der Waals surface area contributed by atoms with Crippen molar-refractivity contribution >= 4 is 11.6 Å². The number of amides is 1. The summed E-state index contributed by atoms with van der Waals surface area (Å²) in [7, 11) is 0. The topological polar surface area (TPSA) is 118 Å². The van der Waals surface area contributed by atoms with Crippen LogP contribution in [0.1, 0.15) is 58.8 Å². The van der Waals surface area contributed by atoms with Crippen LogP contribution < -0.4 is 5.73 Å². The second-order valence-corrected chi connectivity index (χ2v) is 9.28. The summed E-state index contributed by atoms with van der Waals surface area (Å²) in [6, 6.07) is 4.38. The Labute approximate surface area is 225 Å². The molecule has 1 aliphatic rings. The van der Waals surface area contributed by atoms with Crippen LogP contribution in [0.4, 0.5) is 45.2 Å². The molecule has 0 radical (unpaired) electrons. The summed E-state index contributed by atoms with van der Waals surface area (Å²) in [6.07, 6.45) is -16.9. The second kappa shape index (κ2) is 10.5. The van der Waals surface area contributed by atoms with Gasteiger partial charge in [0.25, 0.3) is 17.7 Å². The summed E-state index contributed by atoms with van der Waals surface area (Å²) >= 11 is 0. The molecule has 0 fully saturated rings. The molecule has 2 aromatic heterocycles. The first kappa shape index (κ1) is 30.1. The Hall–Kier alpha value is -3.89. The zero-order valence-corrected chi connectivity index (χ0v) is 20.7. The standard InChI is InChI=1S/C24H20F9N5O3/c25-22(26,27)13-7-3-2-6-12(13)11-38-9-5-1-4-8-21(40,24(31,32)33)20-37-36-18(41-20)17-15(34)10-14(23(28,29)30)16(35-17)19(38)39/h2-3,6-7,10,40H,1,4-5,8-9,11,34H2/t21-/m1/s1. The van der Waals surface area contributed by atoms with Crippen LogP contribution in [0.5, 0.6) is 0 Å². The maximum atomic E-state index is 14.0. The molecule has 0 saturated carbocycles. The van der Waals surface area contributed by atoms with Gasteiger partial charge in [0.2, 0.25) is 5.60 Å². The van der Waals surface area contributed by atoms with Crippen LogP contribution in [0.2, 0.25) is 0 Å². The van der Waals surface area contributed by atoms with Gasteiger partial charge < -0.3 is 20.2 Å². The van der Waals surface area contributed by atoms with E-state index in [0.29, 0.717) is 4.90 Å². The molecular weight excluding hydrogens is 577 g/mol. The fraction of sp³-hybridized carbons (Fsp3) is 0.417. The molecule has 3 N–H and O–H groups in total. The third-order valence-corrected chi connectivity index (χ3v) is 6.45. The predicted octanol–water partition coefficient (Wildman–Crippen LogP) is 5.72. The van der Waals surface area contributed by atoms with Crippen molar-refractivity contribution in [2.75, 3.05) is 12.3 Å². The number of nitrogens with two attached hydrogens (primary N) is 1. The number of halogens is 9. The number of hydrogen-bond acceptors (Lipinski definition) is 7. The van der Waals surface area contributed by atoms with Crippen molar-refractivity contribution in [3.8, 4) is 11.6 Å². The minimum absolute atomic E-state index is 0.114. The molecule has 4 rings (SSSR count). The molecule has 8 nitrogen and oxygen atoms in total. The molecule has 222 valence electrons. The Morgan fingerprint density at radius 1 is 0.927 bits per heavy atom. The number of anilines is 1. The minimum Gasteiger partial charge on any atom is -0.416 e. The zero-order chi connectivity index (χ0) is 30.4. The Morgan fingerprint density at radius 3 is 2.22 bits per heavy atom. The van der Waals surface area contributed by atoms with Gasteiger partial charge in [0.1, 0.15) is 5.69 Å². The molecule has 1 aromatic carbocycles. The monoisotopic (exact) mass is 597 g/mol. The average molecular weight is 597 g/mol. The van der Waals surface area contributed by atoms with Crippen LogP contribution in [0.15, 0.2) is 34.7 Å².